The molecule has 0 saturated carbocycles. The fraction of sp³-hybridized carbons (Fsp3) is 0.136. The molecule has 0 fully saturated rings. The number of aromatic nitrogens is 6. The van der Waals surface area contributed by atoms with E-state index in [2.05, 4.69) is 35.2 Å². The Labute approximate surface area is 463 Å². The van der Waals surface area contributed by atoms with E-state index >= 15 is 0 Å². The van der Waals surface area contributed by atoms with Crippen molar-refractivity contribution in [3.05, 3.63) is 169 Å². The zero-order chi connectivity index (χ0) is 58.3. The topological polar surface area (TPSA) is 341 Å². The molecule has 23 heteroatoms. The Hall–Kier alpha value is -11.2. The van der Waals surface area contributed by atoms with Crippen molar-refractivity contribution in [3.63, 3.8) is 0 Å². The molecule has 12 aromatic rings. The first kappa shape index (κ1) is 54.1. The van der Waals surface area contributed by atoms with Gasteiger partial charge in [-0.15, -0.1) is 0 Å². The quantitative estimate of drug-likeness (QED) is 0.0495. The van der Waals surface area contributed by atoms with Crippen LogP contribution in [0.15, 0.2) is 136 Å². The first-order valence-corrected chi connectivity index (χ1v) is 24.8. The normalized spacial score (nSPS) is 11.1. The summed E-state index contributed by atoms with van der Waals surface area (Å²) in [6, 6.07) is 30.6. The number of aromatic carboxylic acids is 1. The van der Waals surface area contributed by atoms with Crippen molar-refractivity contribution >= 4 is 67.9 Å². The highest BCUT2D eigenvalue weighted by Crippen LogP contribution is 2.37. The fourth-order valence-corrected chi connectivity index (χ4v) is 8.82. The van der Waals surface area contributed by atoms with Crippen LogP contribution in [-0.4, -0.2) is 72.6 Å². The van der Waals surface area contributed by atoms with Crippen LogP contribution < -0.4 is 11.5 Å². The van der Waals surface area contributed by atoms with Crippen LogP contribution in [0.1, 0.15) is 64.5 Å². The Morgan fingerprint density at radius 2 is 0.805 bits per heavy atom. The zero-order valence-corrected chi connectivity index (χ0v) is 44.9. The third kappa shape index (κ3) is 10.5. The van der Waals surface area contributed by atoms with Gasteiger partial charge in [-0.3, -0.25) is 10.1 Å². The van der Waals surface area contributed by atoms with Gasteiger partial charge in [-0.25, -0.2) is 14.4 Å². The Balaban J connectivity index is 0.000000138. The van der Waals surface area contributed by atoms with E-state index in [4.69, 9.17) is 48.1 Å². The zero-order valence-electron chi connectivity index (χ0n) is 44.9. The lowest BCUT2D eigenvalue weighted by Crippen LogP contribution is -2.03. The number of hydrogen-bond acceptors (Lipinski definition) is 21. The molecule has 0 spiro atoms. The first-order chi connectivity index (χ1) is 39.3. The van der Waals surface area contributed by atoms with Gasteiger partial charge in [0.15, 0.2) is 17.3 Å². The van der Waals surface area contributed by atoms with E-state index in [0.29, 0.717) is 51.1 Å². The molecule has 82 heavy (non-hydrogen) atoms. The lowest BCUT2D eigenvalue weighted by atomic mass is 10.1. The molecule has 23 nitrogen and oxygen atoms in total. The number of nitrogens with two attached hydrogens (primary N) is 2. The van der Waals surface area contributed by atoms with Crippen LogP contribution in [-0.2, 0) is 9.47 Å². The number of furan rings is 3. The van der Waals surface area contributed by atoms with Gasteiger partial charge in [0.2, 0.25) is 17.5 Å². The van der Waals surface area contributed by atoms with Gasteiger partial charge in [-0.2, -0.15) is 15.0 Å². The highest BCUT2D eigenvalue weighted by atomic mass is 16.6. The number of benzene rings is 6. The number of ether oxygens (including phenoxy) is 2. The molecular weight excluding hydrogens is 1060 g/mol. The van der Waals surface area contributed by atoms with Crippen molar-refractivity contribution in [3.8, 4) is 69.1 Å². The second kappa shape index (κ2) is 21.9. The number of fused-ring (bicyclic) bond motifs is 3. The number of nitro benzene ring substituents is 1. The lowest BCUT2D eigenvalue weighted by molar-refractivity contribution is -0.384. The van der Waals surface area contributed by atoms with Crippen LogP contribution >= 0.6 is 0 Å². The number of hydrogen-bond donors (Lipinski definition) is 3. The molecule has 12 rings (SSSR count). The predicted octanol–water partition coefficient (Wildman–Crippen LogP) is 12.6. The van der Waals surface area contributed by atoms with Crippen molar-refractivity contribution in [2.24, 2.45) is 0 Å². The molecule has 5 N–H and O–H groups in total. The number of carbonyl (C=O) groups excluding carboxylic acids is 2. The monoisotopic (exact) mass is 1110 g/mol. The first-order valence-electron chi connectivity index (χ1n) is 24.8. The minimum atomic E-state index is -1.05. The second-order valence-electron chi connectivity index (χ2n) is 18.8. The lowest BCUT2D eigenvalue weighted by Gasteiger charge is -2.03. The number of nitrogens with zero attached hydrogens (tertiary/aromatic N) is 7. The van der Waals surface area contributed by atoms with Crippen LogP contribution in [0, 0.1) is 51.7 Å². The summed E-state index contributed by atoms with van der Waals surface area (Å²) >= 11 is 0. The van der Waals surface area contributed by atoms with Gasteiger partial charge in [0, 0.05) is 44.7 Å². The summed E-state index contributed by atoms with van der Waals surface area (Å²) in [5.41, 5.74) is 22.4. The Kier molecular flexibility index (Phi) is 14.5. The smallest absolute Gasteiger partial charge is 0.338 e. The fourth-order valence-electron chi connectivity index (χ4n) is 8.82. The molecule has 6 aromatic heterocycles. The highest BCUT2D eigenvalue weighted by molar-refractivity contribution is 5.94. The molecule has 0 atom stereocenters. The molecule has 0 amide bonds. The van der Waals surface area contributed by atoms with Gasteiger partial charge in [0.05, 0.1) is 35.8 Å². The molecule has 6 heterocycles. The van der Waals surface area contributed by atoms with E-state index in [9.17, 15) is 24.5 Å². The molecule has 0 unspecified atom stereocenters. The molecule has 0 radical (unpaired) electrons. The third-order valence-electron chi connectivity index (χ3n) is 13.3. The van der Waals surface area contributed by atoms with E-state index in [0.717, 1.165) is 66.8 Å². The summed E-state index contributed by atoms with van der Waals surface area (Å²) in [4.78, 5) is 58.1. The van der Waals surface area contributed by atoms with E-state index in [1.54, 1.807) is 24.3 Å². The molecule has 0 aliphatic heterocycles. The number of aryl methyl sites for hydroxylation is 6. The number of rotatable bonds is 10. The van der Waals surface area contributed by atoms with Gasteiger partial charge in [-0.1, -0.05) is 51.9 Å². The number of carboxylic acid groups (broad SMARTS) is 1. The Bertz CT molecular complexity index is 4380. The Morgan fingerprint density at radius 3 is 1.15 bits per heavy atom. The third-order valence-corrected chi connectivity index (χ3v) is 13.3. The van der Waals surface area contributed by atoms with Gasteiger partial charge in [-0.05, 0) is 142 Å². The minimum Gasteiger partial charge on any atom is -0.478 e. The number of nitrogen functional groups attached to an aromatic ring is 2. The maximum atomic E-state index is 11.7. The average molecular weight is 1110 g/mol. The number of carbonyl (C=O) groups is 3. The molecular formula is C59H47N9O14. The summed E-state index contributed by atoms with van der Waals surface area (Å²) in [5, 5.41) is 35.2. The van der Waals surface area contributed by atoms with Gasteiger partial charge >= 0.3 is 17.9 Å². The molecule has 6 aromatic carbocycles. The average Bonchev–Trinajstić information content (AvgIpc) is 4.40. The van der Waals surface area contributed by atoms with Gasteiger partial charge in [0.25, 0.3) is 23.4 Å². The van der Waals surface area contributed by atoms with Crippen molar-refractivity contribution in [1.82, 2.24) is 30.4 Å². The number of methoxy groups -OCH3 is 2. The highest BCUT2D eigenvalue weighted by Gasteiger charge is 2.26. The van der Waals surface area contributed by atoms with E-state index < -0.39 is 22.8 Å². The van der Waals surface area contributed by atoms with Crippen molar-refractivity contribution < 1.29 is 60.7 Å². The van der Waals surface area contributed by atoms with E-state index in [-0.39, 0.29) is 57.4 Å². The van der Waals surface area contributed by atoms with Gasteiger partial charge in [0.1, 0.15) is 22.3 Å². The van der Waals surface area contributed by atoms with Crippen LogP contribution in [0.25, 0.3) is 102 Å². The maximum absolute atomic E-state index is 11.7. The maximum Gasteiger partial charge on any atom is 0.338 e. The number of nitro groups is 1. The van der Waals surface area contributed by atoms with Gasteiger partial charge < -0.3 is 52.9 Å². The van der Waals surface area contributed by atoms with Crippen LogP contribution in [0.3, 0.4) is 0 Å². The van der Waals surface area contributed by atoms with Crippen LogP contribution in [0.4, 0.5) is 17.1 Å². The summed E-state index contributed by atoms with van der Waals surface area (Å²) in [6.45, 7) is 11.9. The largest absolute Gasteiger partial charge is 0.478 e. The minimum absolute atomic E-state index is 0.0111. The summed E-state index contributed by atoms with van der Waals surface area (Å²) in [5.74, 6) is 0.317. The summed E-state index contributed by atoms with van der Waals surface area (Å²) in [7, 11) is 2.51. The van der Waals surface area contributed by atoms with Crippen molar-refractivity contribution in [1.29, 1.82) is 0 Å². The van der Waals surface area contributed by atoms with Crippen LogP contribution in [0.5, 0.6) is 0 Å². The molecule has 0 saturated heterocycles. The number of esters is 2. The summed E-state index contributed by atoms with van der Waals surface area (Å²) < 4.78 is 42.9. The van der Waals surface area contributed by atoms with Crippen LogP contribution in [0.2, 0.25) is 0 Å². The molecule has 0 bridgehead atoms. The standard InChI is InChI=1S/C20H15N3O6.C20H17N3O4.C19H15N3O4/c1-10-4-5-11(2)17-14(10)9-16(28-17)19-21-18(22-29-19)13-7-6-12(20(24)27-3)8-15(13)23(25)26;1-10-4-5-11(2)17-14(10)9-16(26-17)19-22-18(23-27-19)13-7-6-12(8-15(13)21)20(24)25-3;1-9-3-4-10(2)16-13(9)8-15(25-16)18-21-17(22-26-18)12-6-5-11(19(23)24)7-14(12)20/h4-9H,1-3H3;4-9H,21H2,1-3H3;3-8H,20H2,1-2H3,(H,23,24). The van der Waals surface area contributed by atoms with Crippen molar-refractivity contribution in [2.75, 3.05) is 25.7 Å². The molecule has 412 valence electrons. The second-order valence-corrected chi connectivity index (χ2v) is 18.8. The number of carboxylic acids is 1. The molecule has 0 aliphatic carbocycles. The summed E-state index contributed by atoms with van der Waals surface area (Å²) in [6.07, 6.45) is 0. The SMILES string of the molecule is COC(=O)c1ccc(-c2noc(-c3cc4c(C)ccc(C)c4o3)n2)c(N)c1.COC(=O)c1ccc(-c2noc(-c3cc4c(C)ccc(C)c4o3)n2)c([N+](=O)[O-])c1.Cc1ccc(C)c2oc(-c3nc(-c4ccc(C(=O)O)cc4N)no3)cc12. The number of anilines is 2. The Morgan fingerprint density at radius 1 is 0.476 bits per heavy atom. The van der Waals surface area contributed by atoms with E-state index in [1.807, 2.05) is 90.1 Å². The van der Waals surface area contributed by atoms with Crippen molar-refractivity contribution in [2.45, 2.75) is 41.5 Å². The van der Waals surface area contributed by atoms with E-state index in [1.165, 1.54) is 44.6 Å². The predicted molar refractivity (Wildman–Crippen MR) is 298 cm³/mol. The molecule has 0 aliphatic rings.